The van der Waals surface area contributed by atoms with Gasteiger partial charge in [-0.05, 0) is 31.0 Å². The molecular weight excluding hydrogens is 475 g/mol. The van der Waals surface area contributed by atoms with Crippen molar-refractivity contribution in [3.63, 3.8) is 0 Å². The summed E-state index contributed by atoms with van der Waals surface area (Å²) in [4.78, 5) is 40.4. The van der Waals surface area contributed by atoms with E-state index >= 15 is 0 Å². The SMILES string of the molecule is CCNC(=NCCc1cccc(C(=O)NC)c1)NCCN1C(=O)CNC1=O.I. The molecule has 4 amide bonds. The summed E-state index contributed by atoms with van der Waals surface area (Å²) in [6, 6.07) is 7.07. The molecule has 1 aliphatic rings. The lowest BCUT2D eigenvalue weighted by Crippen LogP contribution is -2.43. The molecule has 28 heavy (non-hydrogen) atoms. The van der Waals surface area contributed by atoms with Crippen LogP contribution in [0.25, 0.3) is 0 Å². The Balaban J connectivity index is 0.00000392. The largest absolute Gasteiger partial charge is 0.357 e. The van der Waals surface area contributed by atoms with E-state index in [-0.39, 0.29) is 54.9 Å². The predicted molar refractivity (Wildman–Crippen MR) is 118 cm³/mol. The molecule has 9 nitrogen and oxygen atoms in total. The van der Waals surface area contributed by atoms with Crippen LogP contribution in [0.1, 0.15) is 22.8 Å². The summed E-state index contributed by atoms with van der Waals surface area (Å²) in [5, 5.41) is 11.3. The van der Waals surface area contributed by atoms with Crippen LogP contribution in [0.3, 0.4) is 0 Å². The van der Waals surface area contributed by atoms with Crippen molar-refractivity contribution in [2.75, 3.05) is 39.8 Å². The molecule has 1 fully saturated rings. The molecule has 0 atom stereocenters. The van der Waals surface area contributed by atoms with Crippen LogP contribution in [0, 0.1) is 0 Å². The fraction of sp³-hybridized carbons (Fsp3) is 0.444. The number of hydrogen-bond donors (Lipinski definition) is 4. The Morgan fingerprint density at radius 3 is 2.71 bits per heavy atom. The highest BCUT2D eigenvalue weighted by atomic mass is 127. The Labute approximate surface area is 181 Å². The first-order chi connectivity index (χ1) is 13.0. The molecule has 1 aromatic rings. The lowest BCUT2D eigenvalue weighted by atomic mass is 10.1. The van der Waals surface area contributed by atoms with Crippen LogP contribution < -0.4 is 21.3 Å². The second-order valence-electron chi connectivity index (χ2n) is 5.92. The maximum absolute atomic E-state index is 11.7. The minimum atomic E-state index is -0.361. The first-order valence-corrected chi connectivity index (χ1v) is 8.96. The number of halogens is 1. The Morgan fingerprint density at radius 2 is 2.07 bits per heavy atom. The van der Waals surface area contributed by atoms with Crippen molar-refractivity contribution in [1.29, 1.82) is 0 Å². The normalized spacial score (nSPS) is 13.6. The zero-order valence-electron chi connectivity index (χ0n) is 16.1. The van der Waals surface area contributed by atoms with Gasteiger partial charge in [0.15, 0.2) is 5.96 Å². The topological polar surface area (TPSA) is 115 Å². The van der Waals surface area contributed by atoms with Gasteiger partial charge in [0.1, 0.15) is 0 Å². The fourth-order valence-electron chi connectivity index (χ4n) is 2.62. The molecule has 0 bridgehead atoms. The average molecular weight is 502 g/mol. The molecule has 1 aliphatic heterocycles. The van der Waals surface area contributed by atoms with Crippen LogP contribution in [-0.2, 0) is 11.2 Å². The van der Waals surface area contributed by atoms with Gasteiger partial charge < -0.3 is 21.3 Å². The molecule has 4 N–H and O–H groups in total. The van der Waals surface area contributed by atoms with Gasteiger partial charge in [-0.1, -0.05) is 12.1 Å². The van der Waals surface area contributed by atoms with Crippen molar-refractivity contribution in [2.24, 2.45) is 4.99 Å². The second kappa shape index (κ2) is 12.2. The summed E-state index contributed by atoms with van der Waals surface area (Å²) >= 11 is 0. The highest BCUT2D eigenvalue weighted by molar-refractivity contribution is 14.0. The minimum Gasteiger partial charge on any atom is -0.357 e. The molecule has 0 spiro atoms. The monoisotopic (exact) mass is 502 g/mol. The Kier molecular flexibility index (Phi) is 10.3. The quantitative estimate of drug-likeness (QED) is 0.177. The average Bonchev–Trinajstić information content (AvgIpc) is 2.99. The Hall–Kier alpha value is -2.37. The van der Waals surface area contributed by atoms with Crippen LogP contribution in [-0.4, -0.2) is 68.5 Å². The molecule has 2 rings (SSSR count). The number of urea groups is 1. The van der Waals surface area contributed by atoms with Crippen molar-refractivity contribution in [1.82, 2.24) is 26.2 Å². The summed E-state index contributed by atoms with van der Waals surface area (Å²) in [6.45, 7) is 3.95. The molecule has 1 aromatic carbocycles. The third-order valence-electron chi connectivity index (χ3n) is 4.00. The van der Waals surface area contributed by atoms with E-state index in [0.29, 0.717) is 37.6 Å². The van der Waals surface area contributed by atoms with Crippen molar-refractivity contribution in [3.05, 3.63) is 35.4 Å². The third kappa shape index (κ3) is 6.98. The van der Waals surface area contributed by atoms with E-state index in [9.17, 15) is 14.4 Å². The molecule has 154 valence electrons. The summed E-state index contributed by atoms with van der Waals surface area (Å²) in [6.07, 6.45) is 0.689. The van der Waals surface area contributed by atoms with Crippen LogP contribution in [0.4, 0.5) is 4.79 Å². The summed E-state index contributed by atoms with van der Waals surface area (Å²) in [5.41, 5.74) is 1.65. The Bertz CT molecular complexity index is 709. The van der Waals surface area contributed by atoms with E-state index in [4.69, 9.17) is 0 Å². The summed E-state index contributed by atoms with van der Waals surface area (Å²) in [5.74, 6) is 0.280. The van der Waals surface area contributed by atoms with Crippen LogP contribution >= 0.6 is 24.0 Å². The number of amides is 4. The van der Waals surface area contributed by atoms with Crippen LogP contribution in [0.15, 0.2) is 29.3 Å². The highest BCUT2D eigenvalue weighted by Gasteiger charge is 2.27. The fourth-order valence-corrected chi connectivity index (χ4v) is 2.62. The number of nitrogens with zero attached hydrogens (tertiary/aromatic N) is 2. The van der Waals surface area contributed by atoms with Crippen molar-refractivity contribution in [3.8, 4) is 0 Å². The zero-order valence-corrected chi connectivity index (χ0v) is 18.4. The molecular formula is C18H27IN6O3. The van der Waals surface area contributed by atoms with Gasteiger partial charge in [0.25, 0.3) is 5.91 Å². The molecule has 0 unspecified atom stereocenters. The first-order valence-electron chi connectivity index (χ1n) is 8.96. The summed E-state index contributed by atoms with van der Waals surface area (Å²) in [7, 11) is 1.60. The van der Waals surface area contributed by atoms with Gasteiger partial charge in [-0.2, -0.15) is 0 Å². The number of aliphatic imine (C=N–C) groups is 1. The number of imide groups is 1. The van der Waals surface area contributed by atoms with Gasteiger partial charge in [0.2, 0.25) is 5.91 Å². The van der Waals surface area contributed by atoms with Gasteiger partial charge in [0, 0.05) is 38.8 Å². The molecule has 0 aliphatic carbocycles. The van der Waals surface area contributed by atoms with Crippen LogP contribution in [0.2, 0.25) is 0 Å². The molecule has 0 saturated carbocycles. The van der Waals surface area contributed by atoms with Gasteiger partial charge >= 0.3 is 6.03 Å². The number of benzene rings is 1. The number of rotatable bonds is 8. The standard InChI is InChI=1S/C18H26N6O3.HI/c1-3-20-17(22-9-10-24-15(25)12-23-18(24)27)21-8-7-13-5-4-6-14(11-13)16(26)19-2;/h4-6,11H,3,7-10,12H2,1-2H3,(H,19,26)(H,23,27)(H2,20,21,22);1H. The summed E-state index contributed by atoms with van der Waals surface area (Å²) < 4.78 is 0. The zero-order chi connectivity index (χ0) is 19.6. The third-order valence-corrected chi connectivity index (χ3v) is 4.00. The van der Waals surface area contributed by atoms with Crippen molar-refractivity contribution in [2.45, 2.75) is 13.3 Å². The van der Waals surface area contributed by atoms with Gasteiger partial charge in [-0.25, -0.2) is 4.79 Å². The number of hydrogen-bond acceptors (Lipinski definition) is 4. The smallest absolute Gasteiger partial charge is 0.324 e. The number of guanidine groups is 1. The highest BCUT2D eigenvalue weighted by Crippen LogP contribution is 2.06. The minimum absolute atomic E-state index is 0. The maximum atomic E-state index is 11.7. The van der Waals surface area contributed by atoms with Gasteiger partial charge in [-0.3, -0.25) is 19.5 Å². The number of carbonyl (C=O) groups is 3. The van der Waals surface area contributed by atoms with E-state index in [2.05, 4.69) is 26.3 Å². The lowest BCUT2D eigenvalue weighted by Gasteiger charge is -2.15. The number of carbonyl (C=O) groups excluding carboxylic acids is 3. The van der Waals surface area contributed by atoms with E-state index in [1.54, 1.807) is 13.1 Å². The van der Waals surface area contributed by atoms with Crippen molar-refractivity contribution >= 4 is 47.8 Å². The van der Waals surface area contributed by atoms with E-state index < -0.39 is 0 Å². The molecule has 1 heterocycles. The maximum Gasteiger partial charge on any atom is 0.324 e. The second-order valence-corrected chi connectivity index (χ2v) is 5.92. The molecule has 0 aromatic heterocycles. The Morgan fingerprint density at radius 1 is 1.29 bits per heavy atom. The molecule has 10 heteroatoms. The van der Waals surface area contributed by atoms with Crippen molar-refractivity contribution < 1.29 is 14.4 Å². The predicted octanol–water partition coefficient (Wildman–Crippen LogP) is 0.314. The van der Waals surface area contributed by atoms with E-state index in [1.807, 2.05) is 25.1 Å². The lowest BCUT2D eigenvalue weighted by molar-refractivity contribution is -0.124. The molecule has 0 radical (unpaired) electrons. The van der Waals surface area contributed by atoms with E-state index in [1.165, 1.54) is 4.90 Å². The molecule has 1 saturated heterocycles. The van der Waals surface area contributed by atoms with Crippen LogP contribution in [0.5, 0.6) is 0 Å². The van der Waals surface area contributed by atoms with E-state index in [0.717, 1.165) is 5.56 Å². The first kappa shape index (κ1) is 23.7. The van der Waals surface area contributed by atoms with Gasteiger partial charge in [-0.15, -0.1) is 24.0 Å². The number of nitrogens with one attached hydrogen (secondary N) is 4. The van der Waals surface area contributed by atoms with Gasteiger partial charge in [0.05, 0.1) is 6.54 Å².